The first kappa shape index (κ1) is 40.8. The molecule has 0 rings (SSSR count). The number of carboxylic acid groups (broad SMARTS) is 3. The summed E-state index contributed by atoms with van der Waals surface area (Å²) in [6, 6.07) is -2.42. The van der Waals surface area contributed by atoms with Crippen molar-refractivity contribution in [3.63, 3.8) is 0 Å². The molecule has 5 unspecified atom stereocenters. The van der Waals surface area contributed by atoms with E-state index in [1.165, 1.54) is 0 Å². The second kappa shape index (κ2) is 25.2. The Morgan fingerprint density at radius 2 is 1.57 bits per heavy atom. The number of nitrogens with one attached hydrogen (secondary N) is 2. The number of aliphatic carboxylic acids is 3. The van der Waals surface area contributed by atoms with Gasteiger partial charge >= 0.3 is 17.9 Å². The van der Waals surface area contributed by atoms with Gasteiger partial charge in [-0.25, -0.2) is 0 Å². The molecule has 0 aliphatic rings. The fraction of sp³-hybridized carbons (Fsp3) is 0.633. The molecule has 0 heterocycles. The number of allylic oxidation sites excluding steroid dienone is 3. The molecule has 0 radical (unpaired) electrons. The average Bonchev–Trinajstić information content (AvgIpc) is 2.96. The molecule has 0 saturated heterocycles. The minimum atomic E-state index is -1.27. The smallest absolute Gasteiger partial charge is 0.322 e. The van der Waals surface area contributed by atoms with Gasteiger partial charge in [-0.2, -0.15) is 0 Å². The number of hydrogen-bond donors (Lipinski definition) is 8. The van der Waals surface area contributed by atoms with E-state index in [4.69, 9.17) is 21.1 Å². The van der Waals surface area contributed by atoms with Crippen LogP contribution in [0, 0.1) is 0 Å². The third-order valence-electron chi connectivity index (χ3n) is 6.27. The maximum absolute atomic E-state index is 12.7. The highest BCUT2D eigenvalue weighted by molar-refractivity contribution is 8.00. The Morgan fingerprint density at radius 3 is 2.20 bits per heavy atom. The number of aliphatic hydroxyl groups is 2. The van der Waals surface area contributed by atoms with Crippen molar-refractivity contribution in [2.24, 2.45) is 5.73 Å². The zero-order valence-corrected chi connectivity index (χ0v) is 26.1. The summed E-state index contributed by atoms with van der Waals surface area (Å²) in [5, 5.41) is 52.0. The standard InChI is InChI=1S/C30H49N3O10S/c1-2-3-9-13-24(35)25(17-15-21(34)12-10-7-5-4-6-8-11-14-27(37)38)44-20-23(29(41)32-19-28(39)40)33-26(36)18-16-22(31)30(42)43/h4,6-7,10,15,17,21-25,34-35H,2-3,5,8-9,11-14,16,18-20,31H2,1H3,(H,32,41)(H,33,36)(H,37,38)(H,39,40)(H,42,43). The first-order chi connectivity index (χ1) is 20.9. The van der Waals surface area contributed by atoms with E-state index in [0.717, 1.165) is 31.0 Å². The second-order valence-corrected chi connectivity index (χ2v) is 11.4. The van der Waals surface area contributed by atoms with Crippen molar-refractivity contribution in [1.29, 1.82) is 0 Å². The third kappa shape index (κ3) is 22.4. The van der Waals surface area contributed by atoms with Crippen molar-refractivity contribution in [1.82, 2.24) is 10.6 Å². The summed E-state index contributed by atoms with van der Waals surface area (Å²) < 4.78 is 0. The minimum Gasteiger partial charge on any atom is -0.481 e. The molecule has 9 N–H and O–H groups in total. The van der Waals surface area contributed by atoms with Crippen LogP contribution in [0.3, 0.4) is 0 Å². The van der Waals surface area contributed by atoms with Gasteiger partial charge in [0.05, 0.1) is 12.2 Å². The Balaban J connectivity index is 5.32. The van der Waals surface area contributed by atoms with Crippen LogP contribution >= 0.6 is 11.8 Å². The molecule has 250 valence electrons. The zero-order valence-electron chi connectivity index (χ0n) is 25.3. The van der Waals surface area contributed by atoms with Crippen LogP contribution in [0.5, 0.6) is 0 Å². The summed E-state index contributed by atoms with van der Waals surface area (Å²) in [5.41, 5.74) is 5.44. The fourth-order valence-electron chi connectivity index (χ4n) is 3.73. The van der Waals surface area contributed by atoms with Crippen LogP contribution in [0.15, 0.2) is 36.5 Å². The van der Waals surface area contributed by atoms with Crippen LogP contribution in [0.2, 0.25) is 0 Å². The fourth-order valence-corrected chi connectivity index (χ4v) is 4.94. The van der Waals surface area contributed by atoms with Crippen LogP contribution in [0.25, 0.3) is 0 Å². The molecule has 13 nitrogen and oxygen atoms in total. The van der Waals surface area contributed by atoms with Crippen molar-refractivity contribution < 1.29 is 49.5 Å². The van der Waals surface area contributed by atoms with Gasteiger partial charge in [0.25, 0.3) is 0 Å². The van der Waals surface area contributed by atoms with E-state index < -0.39 is 65.8 Å². The summed E-state index contributed by atoms with van der Waals surface area (Å²) in [4.78, 5) is 57.5. The van der Waals surface area contributed by atoms with Gasteiger partial charge in [0.2, 0.25) is 11.8 Å². The Morgan fingerprint density at radius 1 is 0.864 bits per heavy atom. The van der Waals surface area contributed by atoms with Gasteiger partial charge in [0.1, 0.15) is 18.6 Å². The van der Waals surface area contributed by atoms with E-state index in [1.54, 1.807) is 12.2 Å². The number of carbonyl (C=O) groups excluding carboxylic acids is 2. The Hall–Kier alpha value is -3.20. The lowest BCUT2D eigenvalue weighted by atomic mass is 10.1. The van der Waals surface area contributed by atoms with Gasteiger partial charge in [-0.3, -0.25) is 24.0 Å². The van der Waals surface area contributed by atoms with Gasteiger partial charge in [0.15, 0.2) is 0 Å². The van der Waals surface area contributed by atoms with Crippen molar-refractivity contribution >= 4 is 41.5 Å². The molecule has 0 bridgehead atoms. The number of hydrogen-bond acceptors (Lipinski definition) is 9. The van der Waals surface area contributed by atoms with Crippen molar-refractivity contribution in [2.75, 3.05) is 12.3 Å². The summed E-state index contributed by atoms with van der Waals surface area (Å²) in [7, 11) is 0. The molecule has 44 heavy (non-hydrogen) atoms. The predicted octanol–water partition coefficient (Wildman–Crippen LogP) is 1.97. The van der Waals surface area contributed by atoms with Crippen LogP contribution < -0.4 is 16.4 Å². The molecule has 5 atom stereocenters. The number of aliphatic hydroxyl groups excluding tert-OH is 2. The van der Waals surface area contributed by atoms with Crippen LogP contribution in [-0.2, 0) is 24.0 Å². The second-order valence-electron chi connectivity index (χ2n) is 10.2. The Bertz CT molecular complexity index is 973. The van der Waals surface area contributed by atoms with E-state index >= 15 is 0 Å². The minimum absolute atomic E-state index is 0.0309. The van der Waals surface area contributed by atoms with E-state index in [1.807, 2.05) is 31.2 Å². The molecule has 0 fully saturated rings. The van der Waals surface area contributed by atoms with Crippen molar-refractivity contribution in [3.05, 3.63) is 36.5 Å². The highest BCUT2D eigenvalue weighted by Gasteiger charge is 2.26. The quantitative estimate of drug-likeness (QED) is 0.0499. The summed E-state index contributed by atoms with van der Waals surface area (Å²) >= 11 is 1.16. The summed E-state index contributed by atoms with van der Waals surface area (Å²) in [6.45, 7) is 1.37. The van der Waals surface area contributed by atoms with Crippen molar-refractivity contribution in [2.45, 2.75) is 107 Å². The molecule has 14 heteroatoms. The number of carbonyl (C=O) groups is 5. The molecule has 0 aromatic rings. The number of carboxylic acids is 3. The van der Waals surface area contributed by atoms with Crippen LogP contribution in [0.1, 0.15) is 77.6 Å². The number of unbranched alkanes of at least 4 members (excludes halogenated alkanes) is 3. The lowest BCUT2D eigenvalue weighted by Gasteiger charge is -2.24. The monoisotopic (exact) mass is 643 g/mol. The number of amides is 2. The van der Waals surface area contributed by atoms with Gasteiger partial charge in [-0.15, -0.1) is 11.8 Å². The van der Waals surface area contributed by atoms with Gasteiger partial charge < -0.3 is 41.9 Å². The SMILES string of the molecule is CCCCCC(O)C(C=CC(O)CC=CCC=CCCCC(=O)O)SCC(NC(=O)CCC(N)C(=O)O)C(=O)NCC(=O)O. The molecule has 0 aromatic carbocycles. The molecular formula is C30H49N3O10S. The zero-order chi connectivity index (χ0) is 33.3. The molecule has 0 aliphatic carbocycles. The molecule has 2 amide bonds. The summed E-state index contributed by atoms with van der Waals surface area (Å²) in [6.07, 6.45) is 14.1. The number of nitrogens with two attached hydrogens (primary N) is 1. The molecule has 0 aliphatic heterocycles. The highest BCUT2D eigenvalue weighted by Crippen LogP contribution is 2.22. The normalized spacial score (nSPS) is 15.2. The van der Waals surface area contributed by atoms with E-state index in [0.29, 0.717) is 32.1 Å². The highest BCUT2D eigenvalue weighted by atomic mass is 32.2. The van der Waals surface area contributed by atoms with Crippen molar-refractivity contribution in [3.8, 4) is 0 Å². The van der Waals surface area contributed by atoms with Gasteiger partial charge in [0, 0.05) is 23.8 Å². The van der Waals surface area contributed by atoms with E-state index in [2.05, 4.69) is 10.6 Å². The maximum atomic E-state index is 12.7. The lowest BCUT2D eigenvalue weighted by Crippen LogP contribution is -2.50. The molecule has 0 saturated carbocycles. The van der Waals surface area contributed by atoms with Gasteiger partial charge in [-0.1, -0.05) is 62.6 Å². The number of rotatable bonds is 26. The average molecular weight is 644 g/mol. The van der Waals surface area contributed by atoms with E-state index in [-0.39, 0.29) is 25.0 Å². The van der Waals surface area contributed by atoms with E-state index in [9.17, 15) is 34.2 Å². The third-order valence-corrected chi connectivity index (χ3v) is 7.65. The largest absolute Gasteiger partial charge is 0.481 e. The molecule has 0 aromatic heterocycles. The Labute approximate surface area is 263 Å². The first-order valence-electron chi connectivity index (χ1n) is 14.8. The van der Waals surface area contributed by atoms with Crippen LogP contribution in [-0.4, -0.2) is 97.1 Å². The van der Waals surface area contributed by atoms with Gasteiger partial charge in [-0.05, 0) is 38.5 Å². The topological polar surface area (TPSA) is 237 Å². The number of thioether (sulfide) groups is 1. The molecule has 0 spiro atoms. The predicted molar refractivity (Wildman–Crippen MR) is 168 cm³/mol. The summed E-state index contributed by atoms with van der Waals surface area (Å²) in [5.74, 6) is -4.78. The molecular weight excluding hydrogens is 594 g/mol. The first-order valence-corrected chi connectivity index (χ1v) is 15.9. The van der Waals surface area contributed by atoms with Crippen LogP contribution in [0.4, 0.5) is 0 Å². The Kier molecular flexibility index (Phi) is 23.3. The lowest BCUT2D eigenvalue weighted by molar-refractivity contribution is -0.139. The maximum Gasteiger partial charge on any atom is 0.322 e.